The van der Waals surface area contributed by atoms with Gasteiger partial charge in [-0.1, -0.05) is 59.8 Å². The molecule has 5 rings (SSSR count). The molecule has 3 N–H and O–H groups in total. The minimum atomic E-state index is -0.598. The lowest BCUT2D eigenvalue weighted by Gasteiger charge is -2.10. The van der Waals surface area contributed by atoms with Crippen molar-refractivity contribution in [1.82, 2.24) is 10.1 Å². The number of nitrogens with two attached hydrogens (primary N) is 1. The van der Waals surface area contributed by atoms with E-state index in [2.05, 4.69) is 15.5 Å². The highest BCUT2D eigenvalue weighted by molar-refractivity contribution is 6.14. The monoisotopic (exact) mass is 434 g/mol. The number of carbonyl (C=O) groups excluding carboxylic acids is 2. The zero-order chi connectivity index (χ0) is 22.8. The Bertz CT molecular complexity index is 1490. The molecule has 0 radical (unpaired) electrons. The van der Waals surface area contributed by atoms with Gasteiger partial charge < -0.3 is 10.3 Å². The second-order valence-electron chi connectivity index (χ2n) is 7.36. The highest BCUT2D eigenvalue weighted by Crippen LogP contribution is 2.39. The Kier molecular flexibility index (Phi) is 5.12. The summed E-state index contributed by atoms with van der Waals surface area (Å²) >= 11 is 0. The second kappa shape index (κ2) is 8.39. The molecule has 0 bridgehead atoms. The fraction of sp³-hybridized carbons (Fsp3) is 0. The molecule has 5 aromatic rings. The molecule has 0 aliphatic rings. The van der Waals surface area contributed by atoms with Gasteiger partial charge in [-0.15, -0.1) is 0 Å². The molecule has 0 aliphatic heterocycles. The van der Waals surface area contributed by atoms with Crippen molar-refractivity contribution in [3.8, 4) is 22.4 Å². The molecule has 2 aromatic heterocycles. The molecule has 2 heterocycles. The van der Waals surface area contributed by atoms with Crippen LogP contribution in [0, 0.1) is 0 Å². The number of nitrogens with zero attached hydrogens (tertiary/aromatic N) is 2. The summed E-state index contributed by atoms with van der Waals surface area (Å²) in [5.41, 5.74) is 8.55. The quantitative estimate of drug-likeness (QED) is 0.408. The van der Waals surface area contributed by atoms with Crippen molar-refractivity contribution in [3.63, 3.8) is 0 Å². The highest BCUT2D eigenvalue weighted by Gasteiger charge is 2.25. The van der Waals surface area contributed by atoms with Crippen LogP contribution in [-0.2, 0) is 0 Å². The predicted octanol–water partition coefficient (Wildman–Crippen LogP) is 4.91. The first-order chi connectivity index (χ1) is 16.1. The number of aromatic nitrogens is 2. The Hall–Kier alpha value is -4.78. The number of anilines is 1. The van der Waals surface area contributed by atoms with Crippen LogP contribution in [0.15, 0.2) is 95.8 Å². The Morgan fingerprint density at radius 1 is 0.818 bits per heavy atom. The molecule has 0 spiro atoms. The Morgan fingerprint density at radius 2 is 1.52 bits per heavy atom. The molecule has 160 valence electrons. The smallest absolute Gasteiger partial charge is 0.258 e. The molecule has 0 atom stereocenters. The lowest BCUT2D eigenvalue weighted by molar-refractivity contribution is 0.0998. The molecule has 3 aromatic carbocycles. The summed E-state index contributed by atoms with van der Waals surface area (Å²) in [6.07, 6.45) is 3.25. The summed E-state index contributed by atoms with van der Waals surface area (Å²) in [6.45, 7) is 0. The fourth-order valence-corrected chi connectivity index (χ4v) is 3.84. The number of pyridine rings is 1. The average molecular weight is 434 g/mol. The van der Waals surface area contributed by atoms with Gasteiger partial charge in [0.25, 0.3) is 5.91 Å². The normalized spacial score (nSPS) is 10.8. The molecule has 0 saturated carbocycles. The molecular formula is C26H18N4O3. The summed E-state index contributed by atoms with van der Waals surface area (Å²) in [5.74, 6) is -0.839. The number of hydrogen-bond acceptors (Lipinski definition) is 5. The third-order valence-electron chi connectivity index (χ3n) is 5.37. The second-order valence-corrected chi connectivity index (χ2v) is 7.36. The van der Waals surface area contributed by atoms with Crippen LogP contribution in [0.4, 0.5) is 5.88 Å². The summed E-state index contributed by atoms with van der Waals surface area (Å²) in [4.78, 5) is 29.5. The van der Waals surface area contributed by atoms with E-state index in [4.69, 9.17) is 10.3 Å². The van der Waals surface area contributed by atoms with Gasteiger partial charge in [0.1, 0.15) is 5.69 Å². The van der Waals surface area contributed by atoms with Crippen molar-refractivity contribution in [3.05, 3.63) is 102 Å². The first-order valence-electron chi connectivity index (χ1n) is 10.2. The number of nitrogens with one attached hydrogen (secondary N) is 1. The SMILES string of the molecule is NC(=O)c1ccccc1-c1c(-c2ccncc2)noc1NC(=O)c1cccc2ccccc12. The molecule has 2 amide bonds. The predicted molar refractivity (Wildman–Crippen MR) is 126 cm³/mol. The molecule has 0 unspecified atom stereocenters. The van der Waals surface area contributed by atoms with Gasteiger partial charge in [0.05, 0.1) is 5.56 Å². The van der Waals surface area contributed by atoms with E-state index in [1.807, 2.05) is 36.4 Å². The van der Waals surface area contributed by atoms with Gasteiger partial charge in [-0.2, -0.15) is 0 Å². The zero-order valence-electron chi connectivity index (χ0n) is 17.4. The van der Waals surface area contributed by atoms with E-state index in [9.17, 15) is 9.59 Å². The number of amides is 2. The Morgan fingerprint density at radius 3 is 2.33 bits per heavy atom. The molecule has 33 heavy (non-hydrogen) atoms. The van der Waals surface area contributed by atoms with Crippen LogP contribution >= 0.6 is 0 Å². The number of carbonyl (C=O) groups is 2. The Balaban J connectivity index is 1.65. The van der Waals surface area contributed by atoms with Crippen molar-refractivity contribution < 1.29 is 14.1 Å². The number of fused-ring (bicyclic) bond motifs is 1. The van der Waals surface area contributed by atoms with Crippen LogP contribution in [0.5, 0.6) is 0 Å². The molecule has 0 aliphatic carbocycles. The van der Waals surface area contributed by atoms with Gasteiger partial charge in [-0.05, 0) is 35.0 Å². The molecule has 7 nitrogen and oxygen atoms in total. The maximum atomic E-state index is 13.3. The van der Waals surface area contributed by atoms with Gasteiger partial charge in [-0.25, -0.2) is 0 Å². The van der Waals surface area contributed by atoms with Crippen LogP contribution in [-0.4, -0.2) is 22.0 Å². The highest BCUT2D eigenvalue weighted by atomic mass is 16.5. The van der Waals surface area contributed by atoms with E-state index in [0.29, 0.717) is 27.9 Å². The van der Waals surface area contributed by atoms with Gasteiger partial charge >= 0.3 is 0 Å². The van der Waals surface area contributed by atoms with Crippen LogP contribution in [0.1, 0.15) is 20.7 Å². The van der Waals surface area contributed by atoms with Gasteiger partial charge in [-0.3, -0.25) is 19.9 Å². The first-order valence-corrected chi connectivity index (χ1v) is 10.2. The van der Waals surface area contributed by atoms with Crippen LogP contribution < -0.4 is 11.1 Å². The van der Waals surface area contributed by atoms with E-state index in [1.165, 1.54) is 0 Å². The van der Waals surface area contributed by atoms with E-state index in [-0.39, 0.29) is 17.4 Å². The average Bonchev–Trinajstić information content (AvgIpc) is 3.27. The van der Waals surface area contributed by atoms with Gasteiger partial charge in [0.2, 0.25) is 11.8 Å². The van der Waals surface area contributed by atoms with E-state index in [0.717, 1.165) is 10.8 Å². The third-order valence-corrected chi connectivity index (χ3v) is 5.37. The van der Waals surface area contributed by atoms with Crippen molar-refractivity contribution in [1.29, 1.82) is 0 Å². The lowest BCUT2D eigenvalue weighted by atomic mass is 9.96. The van der Waals surface area contributed by atoms with Gasteiger partial charge in [0.15, 0.2) is 0 Å². The maximum Gasteiger partial charge on any atom is 0.258 e. The number of rotatable bonds is 5. The van der Waals surface area contributed by atoms with Crippen LogP contribution in [0.2, 0.25) is 0 Å². The zero-order valence-corrected chi connectivity index (χ0v) is 17.4. The topological polar surface area (TPSA) is 111 Å². The van der Waals surface area contributed by atoms with E-state index >= 15 is 0 Å². The van der Waals surface area contributed by atoms with E-state index in [1.54, 1.807) is 54.9 Å². The Labute approximate surface area is 188 Å². The molecule has 0 fully saturated rings. The van der Waals surface area contributed by atoms with Crippen LogP contribution in [0.25, 0.3) is 33.2 Å². The summed E-state index contributed by atoms with van der Waals surface area (Å²) in [7, 11) is 0. The van der Waals surface area contributed by atoms with Crippen molar-refractivity contribution in [2.24, 2.45) is 5.73 Å². The maximum absolute atomic E-state index is 13.3. The summed E-state index contributed by atoms with van der Waals surface area (Å²) < 4.78 is 5.59. The summed E-state index contributed by atoms with van der Waals surface area (Å²) in [5, 5.41) is 8.80. The largest absolute Gasteiger partial charge is 0.366 e. The standard InChI is InChI=1S/C26H18N4O3/c27-24(31)20-10-4-3-9-19(20)22-23(17-12-14-28-15-13-17)30-33-26(22)29-25(32)21-11-5-7-16-6-1-2-8-18(16)21/h1-15H,(H2,27,31)(H,29,32). The fourth-order valence-electron chi connectivity index (χ4n) is 3.84. The number of primary amides is 1. The lowest BCUT2D eigenvalue weighted by Crippen LogP contribution is -2.14. The number of benzene rings is 3. The minimum absolute atomic E-state index is 0.119. The molecular weight excluding hydrogens is 416 g/mol. The van der Waals surface area contributed by atoms with Gasteiger partial charge in [0, 0.05) is 34.6 Å². The molecule has 0 saturated heterocycles. The van der Waals surface area contributed by atoms with E-state index < -0.39 is 5.91 Å². The summed E-state index contributed by atoms with van der Waals surface area (Å²) in [6, 6.07) is 23.5. The molecule has 7 heteroatoms. The minimum Gasteiger partial charge on any atom is -0.366 e. The van der Waals surface area contributed by atoms with Crippen molar-refractivity contribution in [2.75, 3.05) is 5.32 Å². The number of hydrogen-bond donors (Lipinski definition) is 2. The van der Waals surface area contributed by atoms with Crippen molar-refractivity contribution in [2.45, 2.75) is 0 Å². The first kappa shape index (κ1) is 20.1. The third kappa shape index (κ3) is 3.72. The van der Waals surface area contributed by atoms with Crippen molar-refractivity contribution >= 4 is 28.5 Å². The van der Waals surface area contributed by atoms with Crippen LogP contribution in [0.3, 0.4) is 0 Å².